The van der Waals surface area contributed by atoms with Crippen molar-refractivity contribution in [1.82, 2.24) is 15.0 Å². The number of hydrogen-bond donors (Lipinski definition) is 0. The Labute approximate surface area is 103 Å². The normalized spacial score (nSPS) is 10.6. The van der Waals surface area contributed by atoms with Gasteiger partial charge in [-0.15, -0.1) is 16.4 Å². The molecule has 0 radical (unpaired) electrons. The van der Waals surface area contributed by atoms with Gasteiger partial charge in [0, 0.05) is 5.56 Å². The molecule has 2 aromatic heterocycles. The number of benzene rings is 1. The quantitative estimate of drug-likeness (QED) is 0.689. The molecule has 3 rings (SSSR count). The summed E-state index contributed by atoms with van der Waals surface area (Å²) in [6, 6.07) is 12.3. The lowest BCUT2D eigenvalue weighted by molar-refractivity contribution is 0.815. The van der Waals surface area contributed by atoms with Crippen LogP contribution in [0.3, 0.4) is 0 Å². The number of rotatable bonds is 2. The molecule has 4 heteroatoms. The van der Waals surface area contributed by atoms with Crippen LogP contribution in [-0.4, -0.2) is 15.0 Å². The highest BCUT2D eigenvalue weighted by Crippen LogP contribution is 2.19. The van der Waals surface area contributed by atoms with Crippen molar-refractivity contribution in [2.75, 3.05) is 0 Å². The van der Waals surface area contributed by atoms with E-state index in [9.17, 15) is 0 Å². The summed E-state index contributed by atoms with van der Waals surface area (Å²) in [5, 5.41) is 11.4. The van der Waals surface area contributed by atoms with E-state index in [1.807, 2.05) is 23.7 Å². The molecule has 0 spiro atoms. The third kappa shape index (κ3) is 1.99. The molecule has 0 saturated heterocycles. The molecule has 0 amide bonds. The molecule has 0 atom stereocenters. The standard InChI is InChI=1S/C13H11N3S/c1-10-4-6-11(7-5-10)12-9-16(15-14-12)13-3-2-8-17-13/h2-9H,1H3. The Balaban J connectivity index is 1.98. The molecule has 0 aliphatic carbocycles. The fourth-order valence-corrected chi connectivity index (χ4v) is 2.28. The van der Waals surface area contributed by atoms with Gasteiger partial charge in [-0.25, -0.2) is 4.68 Å². The highest BCUT2D eigenvalue weighted by atomic mass is 32.1. The van der Waals surface area contributed by atoms with E-state index in [1.54, 1.807) is 16.0 Å². The van der Waals surface area contributed by atoms with E-state index in [2.05, 4.69) is 41.5 Å². The lowest BCUT2D eigenvalue weighted by Crippen LogP contribution is -1.89. The smallest absolute Gasteiger partial charge is 0.119 e. The van der Waals surface area contributed by atoms with Gasteiger partial charge in [0.05, 0.1) is 6.20 Å². The first kappa shape index (κ1) is 10.2. The Morgan fingerprint density at radius 1 is 1.12 bits per heavy atom. The largest absolute Gasteiger partial charge is 0.210 e. The van der Waals surface area contributed by atoms with Crippen molar-refractivity contribution < 1.29 is 0 Å². The maximum atomic E-state index is 4.19. The molecular formula is C13H11N3S. The fraction of sp³-hybridized carbons (Fsp3) is 0.0769. The van der Waals surface area contributed by atoms with Gasteiger partial charge in [0.1, 0.15) is 10.7 Å². The molecule has 0 aliphatic rings. The molecule has 0 saturated carbocycles. The summed E-state index contributed by atoms with van der Waals surface area (Å²) >= 11 is 1.65. The summed E-state index contributed by atoms with van der Waals surface area (Å²) in [6.07, 6.45) is 1.95. The second-order valence-corrected chi connectivity index (χ2v) is 4.79. The van der Waals surface area contributed by atoms with Crippen LogP contribution in [0.4, 0.5) is 0 Å². The predicted octanol–water partition coefficient (Wildman–Crippen LogP) is 3.30. The van der Waals surface area contributed by atoms with E-state index in [0.717, 1.165) is 16.3 Å². The van der Waals surface area contributed by atoms with Crippen LogP contribution in [0.15, 0.2) is 48.0 Å². The maximum absolute atomic E-state index is 4.19. The highest BCUT2D eigenvalue weighted by molar-refractivity contribution is 7.12. The Morgan fingerprint density at radius 3 is 2.65 bits per heavy atom. The molecule has 0 bridgehead atoms. The van der Waals surface area contributed by atoms with Crippen LogP contribution in [0.2, 0.25) is 0 Å². The molecule has 84 valence electrons. The van der Waals surface area contributed by atoms with Gasteiger partial charge in [0.2, 0.25) is 0 Å². The topological polar surface area (TPSA) is 30.7 Å². The summed E-state index contributed by atoms with van der Waals surface area (Å²) in [5.74, 6) is 0. The third-order valence-electron chi connectivity index (χ3n) is 2.57. The monoisotopic (exact) mass is 241 g/mol. The van der Waals surface area contributed by atoms with Crippen molar-refractivity contribution in [1.29, 1.82) is 0 Å². The molecular weight excluding hydrogens is 230 g/mol. The van der Waals surface area contributed by atoms with Gasteiger partial charge in [0.15, 0.2) is 0 Å². The summed E-state index contributed by atoms with van der Waals surface area (Å²) in [4.78, 5) is 0. The highest BCUT2D eigenvalue weighted by Gasteiger charge is 2.05. The molecule has 0 unspecified atom stereocenters. The average Bonchev–Trinajstić information content (AvgIpc) is 3.00. The lowest BCUT2D eigenvalue weighted by Gasteiger charge is -1.96. The van der Waals surface area contributed by atoms with Crippen LogP contribution >= 0.6 is 11.3 Å². The van der Waals surface area contributed by atoms with E-state index in [1.165, 1.54) is 5.56 Å². The van der Waals surface area contributed by atoms with E-state index < -0.39 is 0 Å². The molecule has 3 nitrogen and oxygen atoms in total. The summed E-state index contributed by atoms with van der Waals surface area (Å²) < 4.78 is 1.81. The van der Waals surface area contributed by atoms with Crippen molar-refractivity contribution in [2.24, 2.45) is 0 Å². The molecule has 2 heterocycles. The lowest BCUT2D eigenvalue weighted by atomic mass is 10.1. The molecule has 0 N–H and O–H groups in total. The minimum Gasteiger partial charge on any atom is -0.210 e. The Morgan fingerprint density at radius 2 is 1.94 bits per heavy atom. The number of aromatic nitrogens is 3. The number of thiophene rings is 1. The minimum absolute atomic E-state index is 0.901. The van der Waals surface area contributed by atoms with Gasteiger partial charge in [-0.1, -0.05) is 35.0 Å². The van der Waals surface area contributed by atoms with Crippen LogP contribution in [0.1, 0.15) is 5.56 Å². The van der Waals surface area contributed by atoms with E-state index in [4.69, 9.17) is 0 Å². The van der Waals surface area contributed by atoms with E-state index >= 15 is 0 Å². The third-order valence-corrected chi connectivity index (χ3v) is 3.43. The summed E-state index contributed by atoms with van der Waals surface area (Å²) in [7, 11) is 0. The number of aryl methyl sites for hydroxylation is 1. The van der Waals surface area contributed by atoms with Crippen LogP contribution in [0.25, 0.3) is 16.3 Å². The van der Waals surface area contributed by atoms with Crippen molar-refractivity contribution in [3.05, 3.63) is 53.5 Å². The SMILES string of the molecule is Cc1ccc(-c2cn(-c3cccs3)nn2)cc1. The van der Waals surface area contributed by atoms with E-state index in [-0.39, 0.29) is 0 Å². The first-order valence-electron chi connectivity index (χ1n) is 5.36. The Kier molecular flexibility index (Phi) is 2.49. The summed E-state index contributed by atoms with van der Waals surface area (Å²) in [5.41, 5.74) is 3.25. The van der Waals surface area contributed by atoms with Gasteiger partial charge in [0.25, 0.3) is 0 Å². The second kappa shape index (κ2) is 4.14. The molecule has 0 fully saturated rings. The van der Waals surface area contributed by atoms with Crippen LogP contribution in [-0.2, 0) is 0 Å². The fourth-order valence-electron chi connectivity index (χ4n) is 1.63. The zero-order valence-corrected chi connectivity index (χ0v) is 10.2. The van der Waals surface area contributed by atoms with Gasteiger partial charge >= 0.3 is 0 Å². The van der Waals surface area contributed by atoms with Crippen LogP contribution in [0, 0.1) is 6.92 Å². The second-order valence-electron chi connectivity index (χ2n) is 3.87. The van der Waals surface area contributed by atoms with Crippen molar-refractivity contribution in [2.45, 2.75) is 6.92 Å². The van der Waals surface area contributed by atoms with E-state index in [0.29, 0.717) is 0 Å². The van der Waals surface area contributed by atoms with Gasteiger partial charge < -0.3 is 0 Å². The predicted molar refractivity (Wildman–Crippen MR) is 69.4 cm³/mol. The maximum Gasteiger partial charge on any atom is 0.119 e. The zero-order valence-electron chi connectivity index (χ0n) is 9.37. The molecule has 1 aromatic carbocycles. The van der Waals surface area contributed by atoms with Gasteiger partial charge in [-0.05, 0) is 24.4 Å². The minimum atomic E-state index is 0.901. The Hall–Kier alpha value is -1.94. The average molecular weight is 241 g/mol. The first-order valence-corrected chi connectivity index (χ1v) is 6.24. The van der Waals surface area contributed by atoms with Gasteiger partial charge in [-0.3, -0.25) is 0 Å². The Bertz CT molecular complexity index is 608. The van der Waals surface area contributed by atoms with Crippen molar-refractivity contribution >= 4 is 11.3 Å². The van der Waals surface area contributed by atoms with Crippen LogP contribution < -0.4 is 0 Å². The van der Waals surface area contributed by atoms with Crippen molar-refractivity contribution in [3.8, 4) is 16.3 Å². The molecule has 0 aliphatic heterocycles. The molecule has 17 heavy (non-hydrogen) atoms. The van der Waals surface area contributed by atoms with Gasteiger partial charge in [-0.2, -0.15) is 0 Å². The number of hydrogen-bond acceptors (Lipinski definition) is 3. The first-order chi connectivity index (χ1) is 8.33. The van der Waals surface area contributed by atoms with Crippen LogP contribution in [0.5, 0.6) is 0 Å². The summed E-state index contributed by atoms with van der Waals surface area (Å²) in [6.45, 7) is 2.08. The zero-order chi connectivity index (χ0) is 11.7. The number of nitrogens with zero attached hydrogens (tertiary/aromatic N) is 3. The molecule has 3 aromatic rings. The van der Waals surface area contributed by atoms with Crippen molar-refractivity contribution in [3.63, 3.8) is 0 Å².